The molecule has 0 aliphatic rings. The Balaban J connectivity index is 2.02. The zero-order valence-electron chi connectivity index (χ0n) is 15.2. The minimum absolute atomic E-state index is 0.0413. The molecule has 0 atom stereocenters. The Hall–Kier alpha value is -2.74. The van der Waals surface area contributed by atoms with Crippen LogP contribution in [0.1, 0.15) is 37.5 Å². The summed E-state index contributed by atoms with van der Waals surface area (Å²) < 4.78 is 0.415. The normalized spacial score (nSPS) is 11.6. The van der Waals surface area contributed by atoms with E-state index >= 15 is 0 Å². The third-order valence-electron chi connectivity index (χ3n) is 3.86. The highest BCUT2D eigenvalue weighted by Gasteiger charge is 2.17. The molecule has 2 N–H and O–H groups in total. The zero-order valence-corrected chi connectivity index (χ0v) is 16.8. The fourth-order valence-corrected chi connectivity index (χ4v) is 2.83. The number of nitrogens with zero attached hydrogens (tertiary/aromatic N) is 2. The number of hydrogen-bond acceptors (Lipinski definition) is 5. The smallest absolute Gasteiger partial charge is 0.312 e. The topological polar surface area (TPSA) is 105 Å². The number of nitro benzene ring substituents is 1. The summed E-state index contributed by atoms with van der Waals surface area (Å²) in [5, 5.41) is 24.6. The van der Waals surface area contributed by atoms with E-state index in [1.165, 1.54) is 17.7 Å². The highest BCUT2D eigenvalue weighted by molar-refractivity contribution is 9.10. The fraction of sp³-hybridized carbons (Fsp3) is 0.263. The highest BCUT2D eigenvalue weighted by atomic mass is 79.9. The van der Waals surface area contributed by atoms with E-state index in [1.807, 2.05) is 24.3 Å². The predicted molar refractivity (Wildman–Crippen MR) is 107 cm³/mol. The first-order valence-corrected chi connectivity index (χ1v) is 8.95. The van der Waals surface area contributed by atoms with Crippen molar-refractivity contribution in [1.82, 2.24) is 5.43 Å². The number of amides is 1. The molecule has 0 spiro atoms. The SMILES string of the molecule is CC(C)(C)c1ccc(CC(=O)N/N=C\c2cc(Br)cc([N+](=O)[O-])c2O)cc1. The molecule has 0 saturated carbocycles. The van der Waals surface area contributed by atoms with E-state index in [1.54, 1.807) is 0 Å². The van der Waals surface area contributed by atoms with Gasteiger partial charge in [0.25, 0.3) is 0 Å². The number of phenols is 1. The predicted octanol–water partition coefficient (Wildman–Crippen LogP) is 4.05. The van der Waals surface area contributed by atoms with Crippen molar-refractivity contribution in [3.63, 3.8) is 0 Å². The van der Waals surface area contributed by atoms with E-state index in [4.69, 9.17) is 0 Å². The van der Waals surface area contributed by atoms with Gasteiger partial charge in [0.1, 0.15) is 0 Å². The average molecular weight is 434 g/mol. The van der Waals surface area contributed by atoms with Crippen LogP contribution in [0.2, 0.25) is 0 Å². The number of carbonyl (C=O) groups excluding carboxylic acids is 1. The molecule has 2 rings (SSSR count). The Morgan fingerprint density at radius 1 is 1.30 bits per heavy atom. The number of nitrogens with one attached hydrogen (secondary N) is 1. The molecule has 142 valence electrons. The number of hydrazone groups is 1. The number of carbonyl (C=O) groups is 1. The summed E-state index contributed by atoms with van der Waals surface area (Å²) in [6.45, 7) is 6.35. The first-order valence-electron chi connectivity index (χ1n) is 8.16. The van der Waals surface area contributed by atoms with E-state index in [-0.39, 0.29) is 23.3 Å². The lowest BCUT2D eigenvalue weighted by Gasteiger charge is -2.19. The van der Waals surface area contributed by atoms with E-state index in [2.05, 4.69) is 47.2 Å². The number of nitro groups is 1. The Labute approximate surface area is 165 Å². The van der Waals surface area contributed by atoms with Crippen molar-refractivity contribution in [1.29, 1.82) is 0 Å². The number of rotatable bonds is 5. The number of aromatic hydroxyl groups is 1. The number of halogens is 1. The first kappa shape index (κ1) is 20.6. The van der Waals surface area contributed by atoms with Gasteiger partial charge in [-0.05, 0) is 22.6 Å². The van der Waals surface area contributed by atoms with Gasteiger partial charge in [0.2, 0.25) is 11.7 Å². The van der Waals surface area contributed by atoms with Crippen LogP contribution in [0.4, 0.5) is 5.69 Å². The fourth-order valence-electron chi connectivity index (χ4n) is 2.36. The van der Waals surface area contributed by atoms with Crippen LogP contribution < -0.4 is 5.43 Å². The quantitative estimate of drug-likeness (QED) is 0.421. The molecule has 2 aromatic carbocycles. The molecule has 0 saturated heterocycles. The summed E-state index contributed by atoms with van der Waals surface area (Å²) in [6.07, 6.45) is 1.31. The monoisotopic (exact) mass is 433 g/mol. The van der Waals surface area contributed by atoms with Gasteiger partial charge in [0.05, 0.1) is 17.6 Å². The largest absolute Gasteiger partial charge is 0.502 e. The molecule has 0 radical (unpaired) electrons. The lowest BCUT2D eigenvalue weighted by atomic mass is 9.86. The molecule has 0 aliphatic carbocycles. The van der Waals surface area contributed by atoms with Gasteiger partial charge in [0.15, 0.2) is 0 Å². The molecular formula is C19H20BrN3O4. The third kappa shape index (κ3) is 5.62. The molecule has 0 bridgehead atoms. The minimum atomic E-state index is -0.697. The molecule has 0 heterocycles. The zero-order chi connectivity index (χ0) is 20.2. The minimum Gasteiger partial charge on any atom is -0.502 e. The third-order valence-corrected chi connectivity index (χ3v) is 4.32. The Morgan fingerprint density at radius 3 is 2.48 bits per heavy atom. The Kier molecular flexibility index (Phi) is 6.32. The van der Waals surface area contributed by atoms with Gasteiger partial charge in [-0.1, -0.05) is 61.0 Å². The lowest BCUT2D eigenvalue weighted by molar-refractivity contribution is -0.385. The highest BCUT2D eigenvalue weighted by Crippen LogP contribution is 2.32. The molecule has 0 aliphatic heterocycles. The summed E-state index contributed by atoms with van der Waals surface area (Å²) in [5.41, 5.74) is 4.09. The van der Waals surface area contributed by atoms with Crippen molar-refractivity contribution < 1.29 is 14.8 Å². The van der Waals surface area contributed by atoms with Crippen molar-refractivity contribution in [2.75, 3.05) is 0 Å². The molecule has 0 unspecified atom stereocenters. The van der Waals surface area contributed by atoms with Crippen molar-refractivity contribution in [2.24, 2.45) is 5.10 Å². The number of phenolic OH excluding ortho intramolecular Hbond substituents is 1. The molecule has 8 heteroatoms. The van der Waals surface area contributed by atoms with Crippen molar-refractivity contribution in [3.05, 3.63) is 67.7 Å². The average Bonchev–Trinajstić information content (AvgIpc) is 2.57. The van der Waals surface area contributed by atoms with Gasteiger partial charge in [-0.25, -0.2) is 5.43 Å². The Morgan fingerprint density at radius 2 is 1.93 bits per heavy atom. The molecule has 1 amide bonds. The van der Waals surface area contributed by atoms with E-state index < -0.39 is 16.4 Å². The van der Waals surface area contributed by atoms with Crippen molar-refractivity contribution in [3.8, 4) is 5.75 Å². The van der Waals surface area contributed by atoms with Crippen LogP contribution in [-0.4, -0.2) is 22.2 Å². The molecule has 7 nitrogen and oxygen atoms in total. The number of benzene rings is 2. The van der Waals surface area contributed by atoms with Gasteiger partial charge in [-0.2, -0.15) is 5.10 Å². The van der Waals surface area contributed by atoms with E-state index in [0.29, 0.717) is 4.47 Å². The number of hydrogen-bond donors (Lipinski definition) is 2. The first-order chi connectivity index (χ1) is 12.6. The summed E-state index contributed by atoms with van der Waals surface area (Å²) in [4.78, 5) is 22.2. The standard InChI is InChI=1S/C19H20BrN3O4/c1-19(2,3)14-6-4-12(5-7-14)8-17(24)22-21-11-13-9-15(20)10-16(18(13)25)23(26)27/h4-7,9-11,25H,8H2,1-3H3,(H,22,24)/b21-11-. The summed E-state index contributed by atoms with van der Waals surface area (Å²) in [5.74, 6) is -0.849. The lowest BCUT2D eigenvalue weighted by Crippen LogP contribution is -2.20. The van der Waals surface area contributed by atoms with Gasteiger partial charge in [0, 0.05) is 16.1 Å². The van der Waals surface area contributed by atoms with Crippen LogP contribution in [-0.2, 0) is 16.6 Å². The molecular weight excluding hydrogens is 414 g/mol. The summed E-state index contributed by atoms with van der Waals surface area (Å²) >= 11 is 3.14. The van der Waals surface area contributed by atoms with E-state index in [9.17, 15) is 20.0 Å². The van der Waals surface area contributed by atoms with Crippen LogP contribution in [0.15, 0.2) is 46.0 Å². The Bertz CT molecular complexity index is 887. The van der Waals surface area contributed by atoms with Gasteiger partial charge in [-0.3, -0.25) is 14.9 Å². The maximum Gasteiger partial charge on any atom is 0.312 e. The molecule has 27 heavy (non-hydrogen) atoms. The summed E-state index contributed by atoms with van der Waals surface area (Å²) in [6, 6.07) is 10.4. The van der Waals surface area contributed by atoms with Crippen molar-refractivity contribution >= 4 is 33.7 Å². The second kappa shape index (κ2) is 8.30. The molecule has 0 fully saturated rings. The second-order valence-corrected chi connectivity index (χ2v) is 7.95. The molecule has 2 aromatic rings. The van der Waals surface area contributed by atoms with E-state index in [0.717, 1.165) is 11.8 Å². The van der Waals surface area contributed by atoms with Crippen molar-refractivity contribution in [2.45, 2.75) is 32.6 Å². The van der Waals surface area contributed by atoms with Crippen LogP contribution >= 0.6 is 15.9 Å². The van der Waals surface area contributed by atoms with Gasteiger partial charge >= 0.3 is 5.69 Å². The maximum atomic E-state index is 12.0. The van der Waals surface area contributed by atoms with Crippen LogP contribution in [0.25, 0.3) is 0 Å². The van der Waals surface area contributed by atoms with Crippen LogP contribution in [0.5, 0.6) is 5.75 Å². The molecule has 0 aromatic heterocycles. The van der Waals surface area contributed by atoms with Crippen LogP contribution in [0.3, 0.4) is 0 Å². The summed E-state index contributed by atoms with van der Waals surface area (Å²) in [7, 11) is 0. The second-order valence-electron chi connectivity index (χ2n) is 7.04. The van der Waals surface area contributed by atoms with Crippen LogP contribution in [0, 0.1) is 10.1 Å². The van der Waals surface area contributed by atoms with Gasteiger partial charge < -0.3 is 5.11 Å². The van der Waals surface area contributed by atoms with Gasteiger partial charge in [-0.15, -0.1) is 0 Å². The maximum absolute atomic E-state index is 12.0.